The molecular formula is C15H12Br2N6OS. The topological polar surface area (TPSA) is 94.9 Å². The molecule has 0 radical (unpaired) electrons. The Hall–Kier alpha value is -1.78. The molecule has 0 unspecified atom stereocenters. The van der Waals surface area contributed by atoms with Gasteiger partial charge in [0.25, 0.3) is 0 Å². The highest BCUT2D eigenvalue weighted by Crippen LogP contribution is 2.31. The smallest absolute Gasteiger partial charge is 0.216 e. The normalized spacial score (nSPS) is 13.7. The Morgan fingerprint density at radius 1 is 1.24 bits per heavy atom. The van der Waals surface area contributed by atoms with Gasteiger partial charge in [0, 0.05) is 21.3 Å². The lowest BCUT2D eigenvalue weighted by Crippen LogP contribution is -1.97. The van der Waals surface area contributed by atoms with Gasteiger partial charge in [0.15, 0.2) is 0 Å². The molecule has 0 bridgehead atoms. The molecule has 0 saturated heterocycles. The van der Waals surface area contributed by atoms with E-state index in [0.717, 1.165) is 35.1 Å². The number of rotatable bonds is 3. The Morgan fingerprint density at radius 2 is 2.08 bits per heavy atom. The molecular weight excluding hydrogens is 472 g/mol. The number of phenolic OH excluding ortho intramolecular Hbond substituents is 1. The van der Waals surface area contributed by atoms with Crippen molar-refractivity contribution in [1.82, 2.24) is 25.1 Å². The monoisotopic (exact) mass is 482 g/mol. The number of hydrogen-bond acceptors (Lipinski definition) is 5. The summed E-state index contributed by atoms with van der Waals surface area (Å²) in [6, 6.07) is 3.52. The average molecular weight is 484 g/mol. The fourth-order valence-corrected chi connectivity index (χ4v) is 4.30. The van der Waals surface area contributed by atoms with E-state index in [0.29, 0.717) is 20.6 Å². The fraction of sp³-hybridized carbons (Fsp3) is 0.200. The van der Waals surface area contributed by atoms with E-state index in [1.165, 1.54) is 16.5 Å². The molecule has 3 N–H and O–H groups in total. The summed E-state index contributed by atoms with van der Waals surface area (Å²) in [7, 11) is 0. The largest absolute Gasteiger partial charge is 0.506 e. The van der Waals surface area contributed by atoms with Gasteiger partial charge in [-0.2, -0.15) is 20.0 Å². The highest BCUT2D eigenvalue weighted by molar-refractivity contribution is 9.11. The second-order valence-corrected chi connectivity index (χ2v) is 7.77. The number of H-pyrrole nitrogens is 2. The lowest BCUT2D eigenvalue weighted by Gasteiger charge is -2.03. The summed E-state index contributed by atoms with van der Waals surface area (Å²) in [6.45, 7) is 0. The van der Waals surface area contributed by atoms with Crippen LogP contribution >= 0.6 is 44.1 Å². The number of phenols is 1. The Morgan fingerprint density at radius 3 is 2.92 bits per heavy atom. The van der Waals surface area contributed by atoms with Gasteiger partial charge < -0.3 is 5.11 Å². The molecule has 0 fully saturated rings. The first kappa shape index (κ1) is 16.7. The van der Waals surface area contributed by atoms with E-state index < -0.39 is 0 Å². The van der Waals surface area contributed by atoms with Gasteiger partial charge in [0.2, 0.25) is 10.6 Å². The van der Waals surface area contributed by atoms with Gasteiger partial charge in [-0.05, 0) is 59.5 Å². The number of benzene rings is 1. The summed E-state index contributed by atoms with van der Waals surface area (Å²) < 4.78 is 3.26. The number of nitrogens with one attached hydrogen (secondary N) is 2. The van der Waals surface area contributed by atoms with E-state index in [-0.39, 0.29) is 5.75 Å². The number of fused-ring (bicyclic) bond motifs is 1. The van der Waals surface area contributed by atoms with E-state index in [1.807, 2.05) is 0 Å². The second-order valence-electron chi connectivity index (χ2n) is 5.62. The van der Waals surface area contributed by atoms with E-state index in [2.05, 4.69) is 57.4 Å². The molecule has 1 aliphatic rings. The predicted octanol–water partition coefficient (Wildman–Crippen LogP) is 3.93. The third-order valence-corrected chi connectivity index (χ3v) is 5.37. The maximum atomic E-state index is 10.2. The molecule has 25 heavy (non-hydrogen) atoms. The van der Waals surface area contributed by atoms with Crippen molar-refractivity contribution in [2.75, 3.05) is 0 Å². The zero-order valence-electron chi connectivity index (χ0n) is 12.8. The Kier molecular flexibility index (Phi) is 4.34. The van der Waals surface area contributed by atoms with Crippen LogP contribution in [-0.4, -0.2) is 36.4 Å². The van der Waals surface area contributed by atoms with Crippen LogP contribution in [0.15, 0.2) is 26.2 Å². The third kappa shape index (κ3) is 2.98. The summed E-state index contributed by atoms with van der Waals surface area (Å²) in [4.78, 5) is 0. The van der Waals surface area contributed by atoms with Crippen LogP contribution in [0.5, 0.6) is 5.75 Å². The maximum absolute atomic E-state index is 10.2. The van der Waals surface area contributed by atoms with Gasteiger partial charge in [0.05, 0.1) is 10.7 Å². The van der Waals surface area contributed by atoms with Crippen molar-refractivity contribution >= 4 is 50.3 Å². The quantitative estimate of drug-likeness (QED) is 0.388. The zero-order valence-corrected chi connectivity index (χ0v) is 16.7. The molecule has 0 saturated carbocycles. The average Bonchev–Trinajstić information content (AvgIpc) is 3.25. The number of aromatic nitrogens is 5. The highest BCUT2D eigenvalue weighted by atomic mass is 79.9. The maximum Gasteiger partial charge on any atom is 0.216 e. The van der Waals surface area contributed by atoms with E-state index >= 15 is 0 Å². The van der Waals surface area contributed by atoms with Gasteiger partial charge >= 0.3 is 0 Å². The van der Waals surface area contributed by atoms with Crippen LogP contribution in [0.4, 0.5) is 0 Å². The zero-order chi connectivity index (χ0) is 17.6. The first-order valence-corrected chi connectivity index (χ1v) is 9.50. The molecule has 2 aromatic heterocycles. The van der Waals surface area contributed by atoms with Crippen molar-refractivity contribution in [3.63, 3.8) is 0 Å². The summed E-state index contributed by atoms with van der Waals surface area (Å²) in [5.41, 5.74) is 3.62. The molecule has 2 heterocycles. The first-order valence-electron chi connectivity index (χ1n) is 7.51. The van der Waals surface area contributed by atoms with Crippen molar-refractivity contribution in [2.24, 2.45) is 5.10 Å². The van der Waals surface area contributed by atoms with Crippen molar-refractivity contribution < 1.29 is 5.11 Å². The molecule has 1 aliphatic carbocycles. The van der Waals surface area contributed by atoms with Crippen LogP contribution in [-0.2, 0) is 12.8 Å². The Balaban J connectivity index is 1.77. The number of nitrogens with zero attached hydrogens (tertiary/aromatic N) is 4. The standard InChI is InChI=1S/C15H12Br2N6OS/c16-8-4-7(13(24)10(17)5-8)6-18-23-14(21-22-15(23)25)12-9-2-1-3-11(9)19-20-12/h4-6,24H,1-3H2,(H,19,20)(H,22,25)/b18-6-. The van der Waals surface area contributed by atoms with Gasteiger partial charge in [-0.25, -0.2) is 5.10 Å². The van der Waals surface area contributed by atoms with Gasteiger partial charge in [-0.15, -0.1) is 0 Å². The molecule has 0 amide bonds. The van der Waals surface area contributed by atoms with Crippen molar-refractivity contribution in [2.45, 2.75) is 19.3 Å². The van der Waals surface area contributed by atoms with Crippen molar-refractivity contribution in [3.05, 3.63) is 42.7 Å². The van der Waals surface area contributed by atoms with Crippen LogP contribution in [0.25, 0.3) is 11.5 Å². The Labute approximate surface area is 164 Å². The molecule has 0 atom stereocenters. The van der Waals surface area contributed by atoms with Crippen molar-refractivity contribution in [3.8, 4) is 17.3 Å². The molecule has 0 spiro atoms. The second kappa shape index (κ2) is 6.50. The lowest BCUT2D eigenvalue weighted by molar-refractivity contribution is 0.471. The fourth-order valence-electron chi connectivity index (χ4n) is 2.86. The SMILES string of the molecule is Oc1c(Br)cc(Br)cc1/C=N\n1c(-c2n[nH]c3c2CCC3)n[nH]c1=S. The predicted molar refractivity (Wildman–Crippen MR) is 104 cm³/mol. The van der Waals surface area contributed by atoms with Crippen molar-refractivity contribution in [1.29, 1.82) is 0 Å². The molecule has 4 rings (SSSR count). The summed E-state index contributed by atoms with van der Waals surface area (Å²) >= 11 is 12.0. The third-order valence-electron chi connectivity index (χ3n) is 4.04. The van der Waals surface area contributed by atoms with Crippen LogP contribution in [0, 0.1) is 4.77 Å². The number of aromatic hydroxyl groups is 1. The molecule has 3 aromatic rings. The number of hydrogen-bond donors (Lipinski definition) is 3. The van der Waals surface area contributed by atoms with E-state index in [4.69, 9.17) is 12.2 Å². The minimum absolute atomic E-state index is 0.101. The molecule has 10 heteroatoms. The first-order chi connectivity index (χ1) is 12.0. The van der Waals surface area contributed by atoms with Crippen LogP contribution < -0.4 is 0 Å². The van der Waals surface area contributed by atoms with Gasteiger partial charge in [0.1, 0.15) is 11.4 Å². The summed E-state index contributed by atoms with van der Waals surface area (Å²) in [5, 5.41) is 29.0. The highest BCUT2D eigenvalue weighted by Gasteiger charge is 2.23. The lowest BCUT2D eigenvalue weighted by atomic mass is 10.2. The number of aryl methyl sites for hydroxylation is 1. The van der Waals surface area contributed by atoms with E-state index in [1.54, 1.807) is 12.1 Å². The van der Waals surface area contributed by atoms with Crippen LogP contribution in [0.3, 0.4) is 0 Å². The molecule has 128 valence electrons. The Bertz CT molecular complexity index is 1050. The minimum atomic E-state index is 0.101. The van der Waals surface area contributed by atoms with Gasteiger partial charge in [-0.1, -0.05) is 15.9 Å². The molecule has 1 aromatic carbocycles. The minimum Gasteiger partial charge on any atom is -0.506 e. The summed E-state index contributed by atoms with van der Waals surface area (Å²) in [5.74, 6) is 0.651. The van der Waals surface area contributed by atoms with Crippen LogP contribution in [0.1, 0.15) is 23.2 Å². The molecule has 0 aliphatic heterocycles. The number of halogens is 2. The van der Waals surface area contributed by atoms with Gasteiger partial charge in [-0.3, -0.25) is 5.10 Å². The van der Waals surface area contributed by atoms with Crippen LogP contribution in [0.2, 0.25) is 0 Å². The van der Waals surface area contributed by atoms with E-state index in [9.17, 15) is 5.11 Å². The summed E-state index contributed by atoms with van der Waals surface area (Å²) in [6.07, 6.45) is 4.60. The number of aromatic amines is 2. The molecule has 7 nitrogen and oxygen atoms in total.